The lowest BCUT2D eigenvalue weighted by atomic mass is 10.1. The van der Waals surface area contributed by atoms with Gasteiger partial charge in [0.25, 0.3) is 11.8 Å². The van der Waals surface area contributed by atoms with E-state index >= 15 is 0 Å². The third-order valence-corrected chi connectivity index (χ3v) is 4.45. The standard InChI is InChI=1S/C25H24N2O5/c1-18-8-7-9-19(16-18)24(29)27-22-13-6-5-12-21(22)25(30)32-17-23(28)26-14-15-31-20-10-3-2-4-11-20/h2-13,16H,14-15,17H2,1H3,(H,26,28)(H,27,29). The highest BCUT2D eigenvalue weighted by Gasteiger charge is 2.16. The minimum Gasteiger partial charge on any atom is -0.492 e. The van der Waals surface area contributed by atoms with Gasteiger partial charge in [-0.15, -0.1) is 0 Å². The zero-order chi connectivity index (χ0) is 22.8. The summed E-state index contributed by atoms with van der Waals surface area (Å²) >= 11 is 0. The fourth-order valence-corrected chi connectivity index (χ4v) is 2.89. The molecule has 0 spiro atoms. The molecule has 0 heterocycles. The second-order valence-electron chi connectivity index (χ2n) is 6.96. The van der Waals surface area contributed by atoms with Crippen molar-refractivity contribution in [1.82, 2.24) is 5.32 Å². The second-order valence-corrected chi connectivity index (χ2v) is 6.96. The molecule has 0 radical (unpaired) electrons. The van der Waals surface area contributed by atoms with Crippen molar-refractivity contribution in [3.05, 3.63) is 95.6 Å². The average molecular weight is 432 g/mol. The summed E-state index contributed by atoms with van der Waals surface area (Å²) in [6, 6.07) is 22.8. The Balaban J connectivity index is 1.48. The molecule has 0 atom stereocenters. The maximum atomic E-state index is 12.5. The van der Waals surface area contributed by atoms with Gasteiger partial charge in [-0.05, 0) is 43.3 Å². The van der Waals surface area contributed by atoms with Gasteiger partial charge in [0.2, 0.25) is 0 Å². The minimum atomic E-state index is -0.708. The molecule has 2 N–H and O–H groups in total. The molecule has 0 saturated carbocycles. The van der Waals surface area contributed by atoms with E-state index in [-0.39, 0.29) is 24.6 Å². The molecule has 3 rings (SSSR count). The van der Waals surface area contributed by atoms with E-state index in [4.69, 9.17) is 9.47 Å². The molecule has 32 heavy (non-hydrogen) atoms. The Morgan fingerprint density at radius 3 is 2.41 bits per heavy atom. The van der Waals surface area contributed by atoms with Crippen LogP contribution in [0.15, 0.2) is 78.9 Å². The van der Waals surface area contributed by atoms with E-state index in [1.54, 1.807) is 36.4 Å². The van der Waals surface area contributed by atoms with Crippen LogP contribution < -0.4 is 15.4 Å². The van der Waals surface area contributed by atoms with E-state index in [2.05, 4.69) is 10.6 Å². The van der Waals surface area contributed by atoms with Crippen molar-refractivity contribution in [2.24, 2.45) is 0 Å². The van der Waals surface area contributed by atoms with Crippen LogP contribution in [-0.4, -0.2) is 37.5 Å². The van der Waals surface area contributed by atoms with E-state index < -0.39 is 18.5 Å². The van der Waals surface area contributed by atoms with E-state index in [9.17, 15) is 14.4 Å². The van der Waals surface area contributed by atoms with Crippen molar-refractivity contribution in [3.8, 4) is 5.75 Å². The predicted molar refractivity (Wildman–Crippen MR) is 121 cm³/mol. The Hall–Kier alpha value is -4.13. The Labute approximate surface area is 186 Å². The molecule has 0 aliphatic carbocycles. The summed E-state index contributed by atoms with van der Waals surface area (Å²) in [5, 5.41) is 5.35. The number of hydrogen-bond acceptors (Lipinski definition) is 5. The van der Waals surface area contributed by atoms with Crippen LogP contribution in [0.25, 0.3) is 0 Å². The number of ether oxygens (including phenoxy) is 2. The molecule has 0 fully saturated rings. The normalized spacial score (nSPS) is 10.2. The fourth-order valence-electron chi connectivity index (χ4n) is 2.89. The molecule has 7 heteroatoms. The van der Waals surface area contributed by atoms with Crippen LogP contribution in [0.5, 0.6) is 5.75 Å². The molecule has 0 aliphatic rings. The highest BCUT2D eigenvalue weighted by Crippen LogP contribution is 2.18. The van der Waals surface area contributed by atoms with Crippen molar-refractivity contribution < 1.29 is 23.9 Å². The first-order valence-corrected chi connectivity index (χ1v) is 10.1. The molecular formula is C25H24N2O5. The first-order chi connectivity index (χ1) is 15.5. The van der Waals surface area contributed by atoms with Crippen LogP contribution in [0, 0.1) is 6.92 Å². The zero-order valence-corrected chi connectivity index (χ0v) is 17.7. The van der Waals surface area contributed by atoms with Crippen LogP contribution in [0.2, 0.25) is 0 Å². The van der Waals surface area contributed by atoms with E-state index in [1.807, 2.05) is 43.3 Å². The number of aryl methyl sites for hydroxylation is 1. The predicted octanol–water partition coefficient (Wildman–Crippen LogP) is 3.60. The Morgan fingerprint density at radius 2 is 1.62 bits per heavy atom. The van der Waals surface area contributed by atoms with Crippen molar-refractivity contribution in [2.75, 3.05) is 25.1 Å². The molecule has 3 aromatic carbocycles. The van der Waals surface area contributed by atoms with Gasteiger partial charge in [-0.3, -0.25) is 9.59 Å². The summed E-state index contributed by atoms with van der Waals surface area (Å²) in [7, 11) is 0. The molecule has 164 valence electrons. The van der Waals surface area contributed by atoms with E-state index in [1.165, 1.54) is 6.07 Å². The number of nitrogens with one attached hydrogen (secondary N) is 2. The van der Waals surface area contributed by atoms with Crippen molar-refractivity contribution in [2.45, 2.75) is 6.92 Å². The molecule has 0 aliphatic heterocycles. The van der Waals surface area contributed by atoms with Gasteiger partial charge in [-0.1, -0.05) is 48.0 Å². The second kappa shape index (κ2) is 11.3. The number of carbonyl (C=O) groups is 3. The number of para-hydroxylation sites is 2. The lowest BCUT2D eigenvalue weighted by molar-refractivity contribution is -0.124. The molecule has 7 nitrogen and oxygen atoms in total. The Morgan fingerprint density at radius 1 is 0.875 bits per heavy atom. The Bertz CT molecular complexity index is 1080. The van der Waals surface area contributed by atoms with Gasteiger partial charge in [-0.2, -0.15) is 0 Å². The smallest absolute Gasteiger partial charge is 0.340 e. The molecule has 0 unspecified atom stereocenters. The van der Waals surface area contributed by atoms with Gasteiger partial charge < -0.3 is 20.1 Å². The van der Waals surface area contributed by atoms with Crippen LogP contribution in [-0.2, 0) is 9.53 Å². The number of anilines is 1. The Kier molecular flexibility index (Phi) is 7.97. The van der Waals surface area contributed by atoms with Crippen molar-refractivity contribution >= 4 is 23.5 Å². The van der Waals surface area contributed by atoms with Gasteiger partial charge >= 0.3 is 5.97 Å². The van der Waals surface area contributed by atoms with Crippen molar-refractivity contribution in [1.29, 1.82) is 0 Å². The van der Waals surface area contributed by atoms with Gasteiger partial charge in [0.05, 0.1) is 17.8 Å². The topological polar surface area (TPSA) is 93.7 Å². The van der Waals surface area contributed by atoms with Gasteiger partial charge in [0.1, 0.15) is 12.4 Å². The number of esters is 1. The molecule has 3 aromatic rings. The molecule has 2 amide bonds. The molecule has 0 saturated heterocycles. The maximum Gasteiger partial charge on any atom is 0.340 e. The number of hydrogen-bond donors (Lipinski definition) is 2. The first kappa shape index (κ1) is 22.6. The molecule has 0 aromatic heterocycles. The van der Waals surface area contributed by atoms with Gasteiger partial charge in [0, 0.05) is 5.56 Å². The van der Waals surface area contributed by atoms with Crippen molar-refractivity contribution in [3.63, 3.8) is 0 Å². The van der Waals surface area contributed by atoms with E-state index in [0.29, 0.717) is 17.0 Å². The number of rotatable bonds is 9. The lowest BCUT2D eigenvalue weighted by Crippen LogP contribution is -2.32. The summed E-state index contributed by atoms with van der Waals surface area (Å²) in [6.07, 6.45) is 0. The first-order valence-electron chi connectivity index (χ1n) is 10.1. The SMILES string of the molecule is Cc1cccc(C(=O)Nc2ccccc2C(=O)OCC(=O)NCCOc2ccccc2)c1. The number of carbonyl (C=O) groups excluding carboxylic acids is 3. The van der Waals surface area contributed by atoms with E-state index in [0.717, 1.165) is 5.56 Å². The summed E-state index contributed by atoms with van der Waals surface area (Å²) in [5.74, 6) is -0.792. The number of amides is 2. The highest BCUT2D eigenvalue weighted by molar-refractivity contribution is 6.08. The molecule has 0 bridgehead atoms. The van der Waals surface area contributed by atoms with Gasteiger partial charge in [-0.25, -0.2) is 4.79 Å². The summed E-state index contributed by atoms with van der Waals surface area (Å²) in [5.41, 5.74) is 1.89. The monoisotopic (exact) mass is 432 g/mol. The maximum absolute atomic E-state index is 12.5. The summed E-state index contributed by atoms with van der Waals surface area (Å²) in [4.78, 5) is 37.0. The lowest BCUT2D eigenvalue weighted by Gasteiger charge is -2.11. The summed E-state index contributed by atoms with van der Waals surface area (Å²) in [6.45, 7) is 2.01. The number of benzene rings is 3. The zero-order valence-electron chi connectivity index (χ0n) is 17.7. The fraction of sp³-hybridized carbons (Fsp3) is 0.160. The van der Waals surface area contributed by atoms with Crippen LogP contribution in [0.3, 0.4) is 0 Å². The third-order valence-electron chi connectivity index (χ3n) is 4.45. The highest BCUT2D eigenvalue weighted by atomic mass is 16.5. The quantitative estimate of drug-likeness (QED) is 0.398. The molecular weight excluding hydrogens is 408 g/mol. The van der Waals surface area contributed by atoms with Crippen LogP contribution in [0.1, 0.15) is 26.3 Å². The summed E-state index contributed by atoms with van der Waals surface area (Å²) < 4.78 is 10.6. The minimum absolute atomic E-state index is 0.161. The average Bonchev–Trinajstić information content (AvgIpc) is 2.81. The van der Waals surface area contributed by atoms with Crippen LogP contribution >= 0.6 is 0 Å². The van der Waals surface area contributed by atoms with Gasteiger partial charge in [0.15, 0.2) is 6.61 Å². The third kappa shape index (κ3) is 6.70. The van der Waals surface area contributed by atoms with Crippen LogP contribution in [0.4, 0.5) is 5.69 Å². The largest absolute Gasteiger partial charge is 0.492 e.